The Morgan fingerprint density at radius 2 is 1.51 bits per heavy atom. The maximum absolute atomic E-state index is 14.0. The third kappa shape index (κ3) is 4.33. The topological polar surface area (TPSA) is 83.8 Å². The van der Waals surface area contributed by atoms with Crippen LogP contribution in [0.1, 0.15) is 20.7 Å². The minimum atomic E-state index is -0.481. The van der Waals surface area contributed by atoms with E-state index in [1.54, 1.807) is 52.8 Å². The summed E-state index contributed by atoms with van der Waals surface area (Å²) in [5, 5.41) is 12.5. The van der Waals surface area contributed by atoms with Gasteiger partial charge in [0.15, 0.2) is 0 Å². The monoisotopic (exact) mass is 487 g/mol. The molecule has 1 heterocycles. The predicted molar refractivity (Wildman–Crippen MR) is 132 cm³/mol. The van der Waals surface area contributed by atoms with E-state index in [2.05, 4.69) is 0 Å². The molecule has 0 saturated carbocycles. The zero-order valence-corrected chi connectivity index (χ0v) is 19.1. The number of rotatable bonds is 7. The SMILES string of the molecule is O=C1c2cccc3cccc(c23)C(=O)N1CCN(Sc1ccc([N+](=O)[O-])cc1)c1cccc(F)c1. The Labute approximate surface area is 204 Å². The van der Waals surface area contributed by atoms with Gasteiger partial charge < -0.3 is 4.31 Å². The summed E-state index contributed by atoms with van der Waals surface area (Å²) < 4.78 is 15.7. The Hall–Kier alpha value is -4.24. The predicted octanol–water partition coefficient (Wildman–Crippen LogP) is 5.70. The van der Waals surface area contributed by atoms with Gasteiger partial charge in [-0.05, 0) is 59.8 Å². The maximum atomic E-state index is 14.0. The molecule has 0 saturated heterocycles. The second-order valence-corrected chi connectivity index (χ2v) is 8.99. The van der Waals surface area contributed by atoms with Gasteiger partial charge in [0.05, 0.1) is 10.6 Å². The Kier molecular flexibility index (Phi) is 5.92. The molecule has 7 nitrogen and oxygen atoms in total. The fourth-order valence-electron chi connectivity index (χ4n) is 4.09. The summed E-state index contributed by atoms with van der Waals surface area (Å²) in [6.45, 7) is 0.277. The summed E-state index contributed by atoms with van der Waals surface area (Å²) in [5.41, 5.74) is 1.44. The van der Waals surface area contributed by atoms with Gasteiger partial charge in [0.25, 0.3) is 17.5 Å². The average Bonchev–Trinajstić information content (AvgIpc) is 2.86. The van der Waals surface area contributed by atoms with Crippen molar-refractivity contribution in [1.29, 1.82) is 0 Å². The lowest BCUT2D eigenvalue weighted by molar-refractivity contribution is -0.384. The molecule has 0 bridgehead atoms. The molecule has 2 amide bonds. The summed E-state index contributed by atoms with van der Waals surface area (Å²) in [4.78, 5) is 38.8. The van der Waals surface area contributed by atoms with Crippen molar-refractivity contribution in [2.24, 2.45) is 0 Å². The van der Waals surface area contributed by atoms with Crippen LogP contribution in [-0.4, -0.2) is 34.7 Å². The second-order valence-electron chi connectivity index (χ2n) is 7.90. The molecular weight excluding hydrogens is 469 g/mol. The second kappa shape index (κ2) is 9.19. The van der Waals surface area contributed by atoms with Crippen LogP contribution in [0.5, 0.6) is 0 Å². The van der Waals surface area contributed by atoms with Crippen molar-refractivity contribution in [2.75, 3.05) is 17.4 Å². The van der Waals surface area contributed by atoms with E-state index in [1.165, 1.54) is 41.1 Å². The number of imide groups is 1. The number of hydrogen-bond donors (Lipinski definition) is 0. The van der Waals surface area contributed by atoms with Crippen molar-refractivity contribution < 1.29 is 18.9 Å². The van der Waals surface area contributed by atoms with E-state index in [4.69, 9.17) is 0 Å². The molecule has 0 radical (unpaired) electrons. The summed E-state index contributed by atoms with van der Waals surface area (Å²) in [7, 11) is 0. The lowest BCUT2D eigenvalue weighted by Gasteiger charge is -2.30. The van der Waals surface area contributed by atoms with Crippen LogP contribution in [0.4, 0.5) is 15.8 Å². The van der Waals surface area contributed by atoms with Gasteiger partial charge >= 0.3 is 0 Å². The van der Waals surface area contributed by atoms with E-state index in [0.717, 1.165) is 5.39 Å². The fourth-order valence-corrected chi connectivity index (χ4v) is 4.99. The molecule has 0 aromatic heterocycles. The van der Waals surface area contributed by atoms with Crippen LogP contribution in [0.25, 0.3) is 10.8 Å². The van der Waals surface area contributed by atoms with E-state index in [1.807, 2.05) is 12.1 Å². The minimum absolute atomic E-state index is 0.0380. The Bertz CT molecular complexity index is 1420. The van der Waals surface area contributed by atoms with Crippen LogP contribution in [0.2, 0.25) is 0 Å². The molecular formula is C26H18FN3O4S. The van der Waals surface area contributed by atoms with Crippen LogP contribution in [0, 0.1) is 15.9 Å². The number of hydrogen-bond acceptors (Lipinski definition) is 6. The van der Waals surface area contributed by atoms with E-state index >= 15 is 0 Å². The van der Waals surface area contributed by atoms with Gasteiger partial charge in [0.2, 0.25) is 0 Å². The highest BCUT2D eigenvalue weighted by atomic mass is 32.2. The van der Waals surface area contributed by atoms with Gasteiger partial charge in [0.1, 0.15) is 5.82 Å². The first kappa shape index (κ1) is 22.5. The van der Waals surface area contributed by atoms with E-state index in [0.29, 0.717) is 27.1 Å². The summed E-state index contributed by atoms with van der Waals surface area (Å²) in [5.74, 6) is -1.18. The summed E-state index contributed by atoms with van der Waals surface area (Å²) in [6.07, 6.45) is 0. The van der Waals surface area contributed by atoms with Crippen molar-refractivity contribution in [3.05, 3.63) is 112 Å². The fraction of sp³-hybridized carbons (Fsp3) is 0.0769. The highest BCUT2D eigenvalue weighted by Gasteiger charge is 2.32. The molecule has 0 spiro atoms. The van der Waals surface area contributed by atoms with Crippen molar-refractivity contribution in [3.63, 3.8) is 0 Å². The molecule has 0 unspecified atom stereocenters. The number of nitro benzene ring substituents is 1. The zero-order chi connectivity index (χ0) is 24.5. The average molecular weight is 488 g/mol. The van der Waals surface area contributed by atoms with Crippen LogP contribution in [-0.2, 0) is 0 Å². The third-order valence-corrected chi connectivity index (χ3v) is 6.84. The molecule has 0 fully saturated rings. The Morgan fingerprint density at radius 1 is 0.886 bits per heavy atom. The maximum Gasteiger partial charge on any atom is 0.269 e. The van der Waals surface area contributed by atoms with Crippen molar-refractivity contribution in [1.82, 2.24) is 4.90 Å². The number of carbonyl (C=O) groups is 2. The summed E-state index contributed by atoms with van der Waals surface area (Å²) in [6, 6.07) is 22.7. The van der Waals surface area contributed by atoms with Crippen molar-refractivity contribution in [3.8, 4) is 0 Å². The summed E-state index contributed by atoms with van der Waals surface area (Å²) >= 11 is 1.24. The minimum Gasteiger partial charge on any atom is -0.310 e. The quantitative estimate of drug-likeness (QED) is 0.144. The van der Waals surface area contributed by atoms with Crippen LogP contribution >= 0.6 is 11.9 Å². The van der Waals surface area contributed by atoms with Gasteiger partial charge in [-0.15, -0.1) is 0 Å². The molecule has 0 N–H and O–H groups in total. The van der Waals surface area contributed by atoms with E-state index < -0.39 is 10.7 Å². The lowest BCUT2D eigenvalue weighted by Crippen LogP contribution is -2.43. The number of anilines is 1. The number of halogens is 1. The van der Waals surface area contributed by atoms with Crippen LogP contribution in [0.15, 0.2) is 89.8 Å². The van der Waals surface area contributed by atoms with Gasteiger partial charge in [-0.25, -0.2) is 4.39 Å². The largest absolute Gasteiger partial charge is 0.310 e. The van der Waals surface area contributed by atoms with E-state index in [9.17, 15) is 24.1 Å². The third-order valence-electron chi connectivity index (χ3n) is 5.74. The number of carbonyl (C=O) groups excluding carboxylic acids is 2. The molecule has 35 heavy (non-hydrogen) atoms. The number of amides is 2. The first-order valence-corrected chi connectivity index (χ1v) is 11.5. The molecule has 1 aliphatic rings. The number of non-ortho nitro benzene ring substituents is 1. The molecule has 9 heteroatoms. The van der Waals surface area contributed by atoms with Crippen LogP contribution in [0.3, 0.4) is 0 Å². The van der Waals surface area contributed by atoms with Crippen molar-refractivity contribution >= 4 is 45.9 Å². The lowest BCUT2D eigenvalue weighted by atomic mass is 9.94. The number of benzene rings is 4. The smallest absolute Gasteiger partial charge is 0.269 e. The van der Waals surface area contributed by atoms with Gasteiger partial charge in [-0.2, -0.15) is 0 Å². The normalized spacial score (nSPS) is 12.8. The molecule has 4 aromatic rings. The van der Waals surface area contributed by atoms with Gasteiger partial charge in [0, 0.05) is 46.6 Å². The standard InChI is InChI=1S/C26H18FN3O4S/c27-18-6-3-7-20(16-18)29(35-21-12-10-19(11-13-21)30(33)34)15-14-28-25(31)22-8-1-4-17-5-2-9-23(24(17)22)26(28)32/h1-13,16H,14-15H2. The highest BCUT2D eigenvalue weighted by Crippen LogP contribution is 2.32. The number of nitro groups is 1. The molecule has 5 rings (SSSR count). The Balaban J connectivity index is 1.42. The highest BCUT2D eigenvalue weighted by molar-refractivity contribution is 8.00. The van der Waals surface area contributed by atoms with Crippen molar-refractivity contribution in [2.45, 2.75) is 4.90 Å². The first-order valence-electron chi connectivity index (χ1n) is 10.8. The Morgan fingerprint density at radius 3 is 2.11 bits per heavy atom. The molecule has 174 valence electrons. The first-order chi connectivity index (χ1) is 16.9. The van der Waals surface area contributed by atoms with Gasteiger partial charge in [-0.3, -0.25) is 24.6 Å². The zero-order valence-electron chi connectivity index (χ0n) is 18.3. The van der Waals surface area contributed by atoms with Crippen LogP contribution < -0.4 is 4.31 Å². The van der Waals surface area contributed by atoms with E-state index in [-0.39, 0.29) is 30.6 Å². The molecule has 4 aromatic carbocycles. The number of nitrogens with zero attached hydrogens (tertiary/aromatic N) is 3. The van der Waals surface area contributed by atoms with Gasteiger partial charge in [-0.1, -0.05) is 30.3 Å². The molecule has 0 aliphatic carbocycles. The molecule has 0 atom stereocenters. The molecule has 1 aliphatic heterocycles.